The van der Waals surface area contributed by atoms with E-state index in [-0.39, 0.29) is 10.0 Å². The maximum absolute atomic E-state index is 12.3. The lowest BCUT2D eigenvalue weighted by Crippen LogP contribution is -2.13. The van der Waals surface area contributed by atoms with Gasteiger partial charge in [-0.25, -0.2) is 13.4 Å². The fourth-order valence-corrected chi connectivity index (χ4v) is 3.99. The smallest absolute Gasteiger partial charge is 0.263 e. The Morgan fingerprint density at radius 1 is 1.12 bits per heavy atom. The maximum Gasteiger partial charge on any atom is 0.263 e. The third kappa shape index (κ3) is 4.02. The van der Waals surface area contributed by atoms with E-state index >= 15 is 0 Å². The van der Waals surface area contributed by atoms with Crippen LogP contribution >= 0.6 is 23.1 Å². The standard InChI is InChI=1S/C15H13ClN4O2S2/c16-13-8-12(24(21,22)20-15-18-10-19-23-15)6-7-14(13)17-9-11-4-2-1-3-5-11/h1-8,10,17H,9H2,(H,18,19,20). The summed E-state index contributed by atoms with van der Waals surface area (Å²) >= 11 is 7.16. The highest BCUT2D eigenvalue weighted by Crippen LogP contribution is 2.27. The van der Waals surface area contributed by atoms with Crippen molar-refractivity contribution in [2.75, 3.05) is 10.0 Å². The topological polar surface area (TPSA) is 84.0 Å². The Morgan fingerprint density at radius 3 is 2.58 bits per heavy atom. The SMILES string of the molecule is O=S(=O)(Nc1ncns1)c1ccc(NCc2ccccc2)c(Cl)c1. The van der Waals surface area contributed by atoms with Crippen molar-refractivity contribution in [2.45, 2.75) is 11.4 Å². The number of halogens is 1. The van der Waals surface area contributed by atoms with Gasteiger partial charge in [0, 0.05) is 18.1 Å². The molecule has 6 nitrogen and oxygen atoms in total. The van der Waals surface area contributed by atoms with Gasteiger partial charge in [-0.15, -0.1) is 0 Å². The van der Waals surface area contributed by atoms with Crippen molar-refractivity contribution < 1.29 is 8.42 Å². The number of nitrogens with zero attached hydrogens (tertiary/aromatic N) is 2. The zero-order valence-corrected chi connectivity index (χ0v) is 14.7. The second kappa shape index (κ2) is 7.16. The first-order valence-corrected chi connectivity index (χ1v) is 9.55. The zero-order chi connectivity index (χ0) is 17.0. The summed E-state index contributed by atoms with van der Waals surface area (Å²) in [5, 5.41) is 3.72. The van der Waals surface area contributed by atoms with Gasteiger partial charge in [0.2, 0.25) is 5.13 Å². The number of nitrogens with one attached hydrogen (secondary N) is 2. The third-order valence-electron chi connectivity index (χ3n) is 3.16. The molecule has 0 fully saturated rings. The van der Waals surface area contributed by atoms with Crippen molar-refractivity contribution in [2.24, 2.45) is 0 Å². The molecule has 1 aromatic heterocycles. The molecule has 0 aliphatic rings. The van der Waals surface area contributed by atoms with Crippen molar-refractivity contribution in [1.29, 1.82) is 0 Å². The highest BCUT2D eigenvalue weighted by atomic mass is 35.5. The van der Waals surface area contributed by atoms with Crippen molar-refractivity contribution >= 4 is 44.0 Å². The summed E-state index contributed by atoms with van der Waals surface area (Å²) in [4.78, 5) is 3.86. The highest BCUT2D eigenvalue weighted by Gasteiger charge is 2.17. The summed E-state index contributed by atoms with van der Waals surface area (Å²) in [6, 6.07) is 14.4. The van der Waals surface area contributed by atoms with Crippen LogP contribution in [-0.2, 0) is 16.6 Å². The Bertz CT molecular complexity index is 916. The van der Waals surface area contributed by atoms with Crippen LogP contribution in [-0.4, -0.2) is 17.8 Å². The molecule has 0 aliphatic heterocycles. The molecule has 0 atom stereocenters. The molecular formula is C15H13ClN4O2S2. The van der Waals surface area contributed by atoms with E-state index in [1.807, 2.05) is 30.3 Å². The molecule has 2 aromatic carbocycles. The van der Waals surface area contributed by atoms with Gasteiger partial charge in [-0.3, -0.25) is 4.72 Å². The number of sulfonamides is 1. The van der Waals surface area contributed by atoms with Gasteiger partial charge in [0.25, 0.3) is 10.0 Å². The third-order valence-corrected chi connectivity index (χ3v) is 5.52. The van der Waals surface area contributed by atoms with Gasteiger partial charge in [0.15, 0.2) is 0 Å². The lowest BCUT2D eigenvalue weighted by Gasteiger charge is -2.11. The number of rotatable bonds is 6. The van der Waals surface area contributed by atoms with Crippen LogP contribution in [0.25, 0.3) is 0 Å². The number of hydrogen-bond acceptors (Lipinski definition) is 6. The van der Waals surface area contributed by atoms with Crippen LogP contribution in [0.1, 0.15) is 5.56 Å². The predicted molar refractivity (Wildman–Crippen MR) is 95.9 cm³/mol. The summed E-state index contributed by atoms with van der Waals surface area (Å²) in [5.74, 6) is 0. The van der Waals surface area contributed by atoms with E-state index in [9.17, 15) is 8.42 Å². The van der Waals surface area contributed by atoms with E-state index in [1.54, 1.807) is 6.07 Å². The van der Waals surface area contributed by atoms with Crippen molar-refractivity contribution in [3.05, 3.63) is 65.4 Å². The van der Waals surface area contributed by atoms with Gasteiger partial charge in [-0.1, -0.05) is 41.9 Å². The van der Waals surface area contributed by atoms with Crippen LogP contribution in [0.4, 0.5) is 10.8 Å². The summed E-state index contributed by atoms with van der Waals surface area (Å²) in [7, 11) is -3.74. The van der Waals surface area contributed by atoms with E-state index in [0.717, 1.165) is 17.1 Å². The Kier molecular flexibility index (Phi) is 4.98. The first kappa shape index (κ1) is 16.7. The molecule has 1 heterocycles. The predicted octanol–water partition coefficient (Wildman–Crippen LogP) is 3.60. The number of benzene rings is 2. The van der Waals surface area contributed by atoms with Gasteiger partial charge in [-0.2, -0.15) is 4.37 Å². The average Bonchev–Trinajstić information content (AvgIpc) is 3.07. The molecule has 0 saturated carbocycles. The molecule has 3 rings (SSSR count). The summed E-state index contributed by atoms with van der Waals surface area (Å²) in [6.07, 6.45) is 1.28. The van der Waals surface area contributed by atoms with E-state index in [0.29, 0.717) is 17.3 Å². The van der Waals surface area contributed by atoms with Gasteiger partial charge in [0.1, 0.15) is 6.33 Å². The van der Waals surface area contributed by atoms with Gasteiger partial charge < -0.3 is 5.32 Å². The molecule has 0 saturated heterocycles. The molecule has 3 aromatic rings. The van der Waals surface area contributed by atoms with Crippen LogP contribution in [0.2, 0.25) is 5.02 Å². The fraction of sp³-hybridized carbons (Fsp3) is 0.0667. The quantitative estimate of drug-likeness (QED) is 0.682. The zero-order valence-electron chi connectivity index (χ0n) is 12.3. The second-order valence-electron chi connectivity index (χ2n) is 4.83. The maximum atomic E-state index is 12.3. The molecule has 9 heteroatoms. The minimum atomic E-state index is -3.74. The van der Waals surface area contributed by atoms with Crippen LogP contribution in [0, 0.1) is 0 Å². The van der Waals surface area contributed by atoms with Crippen LogP contribution in [0.15, 0.2) is 59.8 Å². The first-order chi connectivity index (χ1) is 11.5. The van der Waals surface area contributed by atoms with Crippen molar-refractivity contribution in [3.8, 4) is 0 Å². The summed E-state index contributed by atoms with van der Waals surface area (Å²) < 4.78 is 30.7. The molecule has 0 amide bonds. The molecule has 24 heavy (non-hydrogen) atoms. The average molecular weight is 381 g/mol. The highest BCUT2D eigenvalue weighted by molar-refractivity contribution is 7.93. The van der Waals surface area contributed by atoms with E-state index in [2.05, 4.69) is 19.4 Å². The molecule has 0 radical (unpaired) electrons. The minimum absolute atomic E-state index is 0.0629. The summed E-state index contributed by atoms with van der Waals surface area (Å²) in [6.45, 7) is 0.593. The molecule has 0 bridgehead atoms. The van der Waals surface area contributed by atoms with Gasteiger partial charge in [0.05, 0.1) is 15.6 Å². The Balaban J connectivity index is 1.74. The van der Waals surface area contributed by atoms with Crippen molar-refractivity contribution in [1.82, 2.24) is 9.36 Å². The number of hydrogen-bond donors (Lipinski definition) is 2. The fourth-order valence-electron chi connectivity index (χ4n) is 1.99. The normalized spacial score (nSPS) is 11.2. The van der Waals surface area contributed by atoms with Gasteiger partial charge >= 0.3 is 0 Å². The van der Waals surface area contributed by atoms with Crippen LogP contribution < -0.4 is 10.0 Å². The second-order valence-corrected chi connectivity index (χ2v) is 7.70. The van der Waals surface area contributed by atoms with Crippen LogP contribution in [0.3, 0.4) is 0 Å². The largest absolute Gasteiger partial charge is 0.380 e. The summed E-state index contributed by atoms with van der Waals surface area (Å²) in [5.41, 5.74) is 1.76. The molecule has 2 N–H and O–H groups in total. The number of aromatic nitrogens is 2. The first-order valence-electron chi connectivity index (χ1n) is 6.91. The van der Waals surface area contributed by atoms with E-state index in [1.165, 1.54) is 18.5 Å². The monoisotopic (exact) mass is 380 g/mol. The van der Waals surface area contributed by atoms with E-state index < -0.39 is 10.0 Å². The minimum Gasteiger partial charge on any atom is -0.380 e. The van der Waals surface area contributed by atoms with Gasteiger partial charge in [-0.05, 0) is 23.8 Å². The molecule has 0 aliphatic carbocycles. The van der Waals surface area contributed by atoms with Crippen LogP contribution in [0.5, 0.6) is 0 Å². The molecular weight excluding hydrogens is 368 g/mol. The Morgan fingerprint density at radius 2 is 1.92 bits per heavy atom. The van der Waals surface area contributed by atoms with E-state index in [4.69, 9.17) is 11.6 Å². The number of anilines is 2. The lowest BCUT2D eigenvalue weighted by molar-refractivity contribution is 0.601. The molecule has 0 unspecified atom stereocenters. The Labute approximate surface area is 148 Å². The molecule has 0 spiro atoms. The Hall–Kier alpha value is -2.16. The molecule has 124 valence electrons. The van der Waals surface area contributed by atoms with Crippen molar-refractivity contribution in [3.63, 3.8) is 0 Å². The lowest BCUT2D eigenvalue weighted by atomic mass is 10.2.